The Labute approximate surface area is 114 Å². The Balaban J connectivity index is 2.51. The molecule has 1 amide bonds. The number of halogens is 4. The number of carbonyl (C=O) groups excluding carboxylic acids is 1. The van der Waals surface area contributed by atoms with E-state index in [2.05, 4.69) is 0 Å². The van der Waals surface area contributed by atoms with Gasteiger partial charge in [-0.2, -0.15) is 13.2 Å². The van der Waals surface area contributed by atoms with Gasteiger partial charge in [0, 0.05) is 6.54 Å². The molecule has 0 aromatic heterocycles. The fraction of sp³-hybridized carbons (Fsp3) is 0.462. The number of hydrogen-bond donors (Lipinski definition) is 1. The molecule has 1 aromatic rings. The monoisotopic (exact) mass is 292 g/mol. The molecule has 0 aliphatic heterocycles. The Morgan fingerprint density at radius 1 is 1.30 bits per heavy atom. The lowest BCUT2D eigenvalue weighted by molar-refractivity contribution is -0.141. The molecule has 1 unspecified atom stereocenters. The lowest BCUT2D eigenvalue weighted by Crippen LogP contribution is -2.45. The van der Waals surface area contributed by atoms with Gasteiger partial charge in [0.15, 0.2) is 0 Å². The highest BCUT2D eigenvalue weighted by Crippen LogP contribution is 2.13. The van der Waals surface area contributed by atoms with Crippen LogP contribution in [0.3, 0.4) is 0 Å². The largest absolute Gasteiger partial charge is 0.405 e. The van der Waals surface area contributed by atoms with E-state index < -0.39 is 24.7 Å². The van der Waals surface area contributed by atoms with E-state index >= 15 is 0 Å². The average molecular weight is 292 g/mol. The summed E-state index contributed by atoms with van der Waals surface area (Å²) in [5, 5.41) is 1.83. The lowest BCUT2D eigenvalue weighted by Gasteiger charge is -2.24. The molecule has 1 atom stereocenters. The summed E-state index contributed by atoms with van der Waals surface area (Å²) in [5.74, 6) is -1.07. The fourth-order valence-corrected chi connectivity index (χ4v) is 1.55. The third-order valence-corrected chi connectivity index (χ3v) is 2.85. The van der Waals surface area contributed by atoms with Crippen molar-refractivity contribution in [2.75, 3.05) is 13.6 Å². The van der Waals surface area contributed by atoms with E-state index in [-0.39, 0.29) is 5.82 Å². The highest BCUT2D eigenvalue weighted by molar-refractivity contribution is 5.81. The first-order valence-electron chi connectivity index (χ1n) is 5.98. The van der Waals surface area contributed by atoms with Crippen LogP contribution >= 0.6 is 0 Å². The van der Waals surface area contributed by atoms with E-state index in [4.69, 9.17) is 0 Å². The molecule has 0 heterocycles. The van der Waals surface area contributed by atoms with Crippen LogP contribution in [0.15, 0.2) is 24.3 Å². The summed E-state index contributed by atoms with van der Waals surface area (Å²) < 4.78 is 48.7. The van der Waals surface area contributed by atoms with Gasteiger partial charge in [0.2, 0.25) is 5.91 Å². The Bertz CT molecular complexity index is 445. The van der Waals surface area contributed by atoms with Crippen LogP contribution in [0.25, 0.3) is 0 Å². The zero-order chi connectivity index (χ0) is 15.3. The van der Waals surface area contributed by atoms with Gasteiger partial charge in [0.25, 0.3) is 0 Å². The summed E-state index contributed by atoms with van der Waals surface area (Å²) in [7, 11) is 1.61. The van der Waals surface area contributed by atoms with Crippen LogP contribution in [0.4, 0.5) is 17.6 Å². The number of alkyl halides is 3. The standard InChI is InChI=1S/C13H16F4N2O/c1-9(12(20)18-8-13(15,16)17)19(2)7-10-3-5-11(14)6-4-10/h3-6,9H,7-8H2,1-2H3,(H,18,20). The molecule has 0 bridgehead atoms. The van der Waals surface area contributed by atoms with Crippen molar-refractivity contribution in [3.63, 3.8) is 0 Å². The molecule has 0 aliphatic rings. The maximum absolute atomic E-state index is 12.7. The molecule has 0 saturated heterocycles. The van der Waals surface area contributed by atoms with Gasteiger partial charge in [-0.1, -0.05) is 12.1 Å². The van der Waals surface area contributed by atoms with Crippen molar-refractivity contribution in [1.82, 2.24) is 10.2 Å². The number of amides is 1. The number of benzene rings is 1. The van der Waals surface area contributed by atoms with Crippen molar-refractivity contribution in [1.29, 1.82) is 0 Å². The molecule has 1 N–H and O–H groups in total. The third kappa shape index (κ3) is 5.56. The molecule has 0 aliphatic carbocycles. The molecule has 7 heteroatoms. The Kier molecular flexibility index (Phi) is 5.50. The molecule has 3 nitrogen and oxygen atoms in total. The molecule has 0 spiro atoms. The second-order valence-corrected chi connectivity index (χ2v) is 4.55. The maximum atomic E-state index is 12.7. The number of carbonyl (C=O) groups is 1. The highest BCUT2D eigenvalue weighted by Gasteiger charge is 2.29. The van der Waals surface area contributed by atoms with Gasteiger partial charge < -0.3 is 5.32 Å². The minimum atomic E-state index is -4.43. The van der Waals surface area contributed by atoms with Gasteiger partial charge in [-0.25, -0.2) is 4.39 Å². The summed E-state index contributed by atoms with van der Waals surface area (Å²) in [6.07, 6.45) is -4.43. The first kappa shape index (κ1) is 16.4. The Morgan fingerprint density at radius 2 is 1.85 bits per heavy atom. The van der Waals surface area contributed by atoms with Crippen LogP contribution < -0.4 is 5.32 Å². The molecule has 1 aromatic carbocycles. The second-order valence-electron chi connectivity index (χ2n) is 4.55. The normalized spacial score (nSPS) is 13.3. The van der Waals surface area contributed by atoms with Crippen molar-refractivity contribution in [2.24, 2.45) is 0 Å². The first-order chi connectivity index (χ1) is 9.19. The zero-order valence-corrected chi connectivity index (χ0v) is 11.2. The summed E-state index contributed by atoms with van der Waals surface area (Å²) in [5.41, 5.74) is 0.768. The number of hydrogen-bond acceptors (Lipinski definition) is 2. The highest BCUT2D eigenvalue weighted by atomic mass is 19.4. The molecule has 20 heavy (non-hydrogen) atoms. The summed E-state index contributed by atoms with van der Waals surface area (Å²) >= 11 is 0. The topological polar surface area (TPSA) is 32.3 Å². The van der Waals surface area contributed by atoms with Crippen molar-refractivity contribution >= 4 is 5.91 Å². The smallest absolute Gasteiger partial charge is 0.346 e. The Hall–Kier alpha value is -1.63. The van der Waals surface area contributed by atoms with Crippen LogP contribution in [0.2, 0.25) is 0 Å². The van der Waals surface area contributed by atoms with Gasteiger partial charge in [-0.15, -0.1) is 0 Å². The van der Waals surface area contributed by atoms with Crippen LogP contribution in [-0.4, -0.2) is 36.6 Å². The fourth-order valence-electron chi connectivity index (χ4n) is 1.55. The van der Waals surface area contributed by atoms with Gasteiger partial charge in [-0.3, -0.25) is 9.69 Å². The van der Waals surface area contributed by atoms with E-state index in [1.165, 1.54) is 19.1 Å². The van der Waals surface area contributed by atoms with E-state index in [9.17, 15) is 22.4 Å². The minimum absolute atomic E-state index is 0.334. The van der Waals surface area contributed by atoms with E-state index in [1.807, 2.05) is 5.32 Å². The summed E-state index contributed by atoms with van der Waals surface area (Å²) in [6, 6.07) is 4.98. The number of nitrogens with one attached hydrogen (secondary N) is 1. The SMILES string of the molecule is CC(C(=O)NCC(F)(F)F)N(C)Cc1ccc(F)cc1. The predicted octanol–water partition coefficient (Wildman–Crippen LogP) is 2.32. The van der Waals surface area contributed by atoms with Crippen LogP contribution in [0.5, 0.6) is 0 Å². The van der Waals surface area contributed by atoms with Gasteiger partial charge in [0.1, 0.15) is 12.4 Å². The molecule has 0 fully saturated rings. The predicted molar refractivity (Wildman–Crippen MR) is 66.4 cm³/mol. The number of likely N-dealkylation sites (N-methyl/N-ethyl adjacent to an activating group) is 1. The van der Waals surface area contributed by atoms with Crippen molar-refractivity contribution < 1.29 is 22.4 Å². The molecule has 1 rings (SSSR count). The molecule has 112 valence electrons. The van der Waals surface area contributed by atoms with Crippen molar-refractivity contribution in [2.45, 2.75) is 25.7 Å². The van der Waals surface area contributed by atoms with Gasteiger partial charge >= 0.3 is 6.18 Å². The third-order valence-electron chi connectivity index (χ3n) is 2.85. The van der Waals surface area contributed by atoms with Gasteiger partial charge in [0.05, 0.1) is 6.04 Å². The van der Waals surface area contributed by atoms with E-state index in [0.717, 1.165) is 5.56 Å². The first-order valence-corrected chi connectivity index (χ1v) is 5.98. The number of rotatable bonds is 5. The van der Waals surface area contributed by atoms with Crippen molar-refractivity contribution in [3.05, 3.63) is 35.6 Å². The van der Waals surface area contributed by atoms with E-state index in [0.29, 0.717) is 6.54 Å². The summed E-state index contributed by atoms with van der Waals surface area (Å²) in [6.45, 7) is 0.497. The lowest BCUT2D eigenvalue weighted by atomic mass is 10.2. The molecular weight excluding hydrogens is 276 g/mol. The van der Waals surface area contributed by atoms with Crippen molar-refractivity contribution in [3.8, 4) is 0 Å². The minimum Gasteiger partial charge on any atom is -0.346 e. The van der Waals surface area contributed by atoms with Crippen LogP contribution in [0, 0.1) is 5.82 Å². The van der Waals surface area contributed by atoms with Crippen LogP contribution in [-0.2, 0) is 11.3 Å². The molecular formula is C13H16F4N2O. The molecule has 0 saturated carbocycles. The van der Waals surface area contributed by atoms with Gasteiger partial charge in [-0.05, 0) is 31.7 Å². The molecule has 0 radical (unpaired) electrons. The van der Waals surface area contributed by atoms with E-state index in [1.54, 1.807) is 24.1 Å². The zero-order valence-electron chi connectivity index (χ0n) is 11.2. The summed E-state index contributed by atoms with van der Waals surface area (Å²) in [4.78, 5) is 13.1. The number of nitrogens with zero attached hydrogens (tertiary/aromatic N) is 1. The average Bonchev–Trinajstić information content (AvgIpc) is 2.36. The maximum Gasteiger partial charge on any atom is 0.405 e. The Morgan fingerprint density at radius 3 is 2.35 bits per heavy atom. The van der Waals surface area contributed by atoms with Crippen LogP contribution in [0.1, 0.15) is 12.5 Å². The second kappa shape index (κ2) is 6.69. The quantitative estimate of drug-likeness (QED) is 0.845.